The number of carboxylic acid groups (broad SMARTS) is 2. The molecule has 3 rings (SSSR count). The molecule has 0 saturated carbocycles. The number of aliphatic carboxylic acids is 2. The van der Waals surface area contributed by atoms with Gasteiger partial charge >= 0.3 is 11.9 Å². The van der Waals surface area contributed by atoms with Crippen molar-refractivity contribution in [2.45, 2.75) is 38.1 Å². The lowest BCUT2D eigenvalue weighted by molar-refractivity contribution is -0.140. The van der Waals surface area contributed by atoms with E-state index in [0.717, 1.165) is 12.0 Å². The molecule has 1 aliphatic heterocycles. The molecule has 12 heteroatoms. The molecule has 0 aromatic carbocycles. The number of nitrogens with zero attached hydrogens (tertiary/aromatic N) is 1. The van der Waals surface area contributed by atoms with Crippen LogP contribution >= 0.6 is 11.3 Å². The van der Waals surface area contributed by atoms with Crippen LogP contribution in [-0.4, -0.2) is 50.6 Å². The van der Waals surface area contributed by atoms with E-state index in [2.05, 4.69) is 20.6 Å². The molecule has 0 saturated heterocycles. The number of aromatic nitrogens is 2. The standard InChI is InChI=1S/C19H23N5O6S/c20-19-23-15-11(16(27)24-19)5-9(7-21-15)1-2-10-6-13(31-8-10)17(28)22-12(18(29)30)3-4-14(25)26/h6,8-9,12H,1-5,7H2,(H,22,28)(H,25,26)(H,29,30)(H4,20,21,23,24,27)/t9?,12-/m0/s1. The van der Waals surface area contributed by atoms with Crippen molar-refractivity contribution < 1.29 is 24.6 Å². The Morgan fingerprint density at radius 1 is 1.35 bits per heavy atom. The molecule has 0 radical (unpaired) electrons. The summed E-state index contributed by atoms with van der Waals surface area (Å²) in [6, 6.07) is 0.443. The summed E-state index contributed by atoms with van der Waals surface area (Å²) >= 11 is 1.20. The Hall–Kier alpha value is -3.41. The lowest BCUT2D eigenvalue weighted by atomic mass is 9.91. The van der Waals surface area contributed by atoms with E-state index in [-0.39, 0.29) is 30.3 Å². The number of aromatic amines is 1. The van der Waals surface area contributed by atoms with E-state index < -0.39 is 23.9 Å². The second-order valence-corrected chi connectivity index (χ2v) is 8.30. The second-order valence-electron chi connectivity index (χ2n) is 7.38. The number of H-pyrrole nitrogens is 1. The van der Waals surface area contributed by atoms with Gasteiger partial charge in [-0.3, -0.25) is 19.4 Å². The maximum absolute atomic E-state index is 12.3. The number of nitrogens with two attached hydrogens (primary N) is 1. The van der Waals surface area contributed by atoms with Gasteiger partial charge in [-0.25, -0.2) is 4.79 Å². The van der Waals surface area contributed by atoms with Gasteiger partial charge in [-0.05, 0) is 48.6 Å². The van der Waals surface area contributed by atoms with Crippen molar-refractivity contribution in [3.63, 3.8) is 0 Å². The van der Waals surface area contributed by atoms with Crippen molar-refractivity contribution in [2.24, 2.45) is 5.92 Å². The monoisotopic (exact) mass is 449 g/mol. The smallest absolute Gasteiger partial charge is 0.326 e. The average molecular weight is 449 g/mol. The van der Waals surface area contributed by atoms with Gasteiger partial charge in [0.05, 0.1) is 10.4 Å². The Balaban J connectivity index is 1.55. The largest absolute Gasteiger partial charge is 0.481 e. The first kappa shape index (κ1) is 22.3. The minimum Gasteiger partial charge on any atom is -0.481 e. The number of anilines is 2. The summed E-state index contributed by atoms with van der Waals surface area (Å²) < 4.78 is 0. The minimum atomic E-state index is -1.28. The average Bonchev–Trinajstić information content (AvgIpc) is 3.18. The van der Waals surface area contributed by atoms with E-state index in [9.17, 15) is 24.3 Å². The number of nitrogens with one attached hydrogen (secondary N) is 3. The van der Waals surface area contributed by atoms with Gasteiger partial charge in [0.15, 0.2) is 0 Å². The van der Waals surface area contributed by atoms with Crippen molar-refractivity contribution in [3.05, 3.63) is 37.8 Å². The van der Waals surface area contributed by atoms with Crippen LogP contribution in [0.5, 0.6) is 0 Å². The maximum Gasteiger partial charge on any atom is 0.326 e. The highest BCUT2D eigenvalue weighted by Gasteiger charge is 2.24. The molecular formula is C19H23N5O6S. The van der Waals surface area contributed by atoms with Gasteiger partial charge in [-0.1, -0.05) is 0 Å². The van der Waals surface area contributed by atoms with Crippen molar-refractivity contribution >= 4 is 40.9 Å². The van der Waals surface area contributed by atoms with Gasteiger partial charge in [-0.15, -0.1) is 11.3 Å². The normalized spacial score (nSPS) is 16.1. The Morgan fingerprint density at radius 3 is 2.84 bits per heavy atom. The van der Waals surface area contributed by atoms with E-state index in [1.165, 1.54) is 11.3 Å². The Bertz CT molecular complexity index is 1050. The Labute approximate surface area is 180 Å². The molecule has 1 aliphatic rings. The highest BCUT2D eigenvalue weighted by Crippen LogP contribution is 2.25. The SMILES string of the molecule is Nc1nc2c(c(=O)[nH]1)CC(CCc1csc(C(=O)N[C@@H](CCC(=O)O)C(=O)O)c1)CN2. The molecule has 7 N–H and O–H groups in total. The number of carboxylic acids is 2. The summed E-state index contributed by atoms with van der Waals surface area (Å²) in [5, 5.41) is 25.2. The van der Waals surface area contributed by atoms with Crippen molar-refractivity contribution in [1.29, 1.82) is 0 Å². The number of carbonyl (C=O) groups excluding carboxylic acids is 1. The fraction of sp³-hybridized carbons (Fsp3) is 0.421. The van der Waals surface area contributed by atoms with Crippen LogP contribution in [0.1, 0.15) is 40.1 Å². The van der Waals surface area contributed by atoms with Crippen LogP contribution in [-0.2, 0) is 22.4 Å². The first-order valence-corrected chi connectivity index (χ1v) is 10.6. The van der Waals surface area contributed by atoms with Gasteiger partial charge in [0, 0.05) is 13.0 Å². The third-order valence-corrected chi connectivity index (χ3v) is 6.03. The number of hydrogen-bond donors (Lipinski definition) is 6. The predicted molar refractivity (Wildman–Crippen MR) is 113 cm³/mol. The Kier molecular flexibility index (Phi) is 6.90. The quantitative estimate of drug-likeness (QED) is 0.320. The molecule has 0 spiro atoms. The van der Waals surface area contributed by atoms with E-state index in [1.54, 1.807) is 6.07 Å². The van der Waals surface area contributed by atoms with Crippen LogP contribution in [0.25, 0.3) is 0 Å². The fourth-order valence-corrected chi connectivity index (χ4v) is 4.26. The summed E-state index contributed by atoms with van der Waals surface area (Å²) in [4.78, 5) is 53.3. The summed E-state index contributed by atoms with van der Waals surface area (Å²) in [5.41, 5.74) is 6.83. The topological polar surface area (TPSA) is 187 Å². The van der Waals surface area contributed by atoms with E-state index in [0.29, 0.717) is 35.6 Å². The molecule has 166 valence electrons. The third kappa shape index (κ3) is 5.81. The molecule has 0 fully saturated rings. The lowest BCUT2D eigenvalue weighted by Crippen LogP contribution is -2.40. The minimum absolute atomic E-state index is 0.0758. The number of amides is 1. The number of thiophene rings is 1. The lowest BCUT2D eigenvalue weighted by Gasteiger charge is -2.24. The molecule has 1 amide bonds. The van der Waals surface area contributed by atoms with E-state index in [1.807, 2.05) is 5.38 Å². The number of aryl methyl sites for hydroxylation is 1. The summed E-state index contributed by atoms with van der Waals surface area (Å²) in [6.45, 7) is 0.657. The molecule has 2 aromatic rings. The molecule has 0 bridgehead atoms. The van der Waals surface area contributed by atoms with Crippen LogP contribution in [0.3, 0.4) is 0 Å². The third-order valence-electron chi connectivity index (χ3n) is 5.05. The molecule has 3 heterocycles. The van der Waals surface area contributed by atoms with Gasteiger partial charge in [-0.2, -0.15) is 4.98 Å². The first-order chi connectivity index (χ1) is 14.7. The van der Waals surface area contributed by atoms with Gasteiger partial charge < -0.3 is 26.6 Å². The predicted octanol–water partition coefficient (Wildman–Crippen LogP) is 0.678. The number of nitrogen functional groups attached to an aromatic ring is 1. The zero-order valence-electron chi connectivity index (χ0n) is 16.5. The van der Waals surface area contributed by atoms with Crippen molar-refractivity contribution in [3.8, 4) is 0 Å². The van der Waals surface area contributed by atoms with Crippen molar-refractivity contribution in [1.82, 2.24) is 15.3 Å². The van der Waals surface area contributed by atoms with Crippen molar-refractivity contribution in [2.75, 3.05) is 17.6 Å². The number of rotatable bonds is 9. The van der Waals surface area contributed by atoms with E-state index in [4.69, 9.17) is 10.8 Å². The highest BCUT2D eigenvalue weighted by atomic mass is 32.1. The molecular weight excluding hydrogens is 426 g/mol. The van der Waals surface area contributed by atoms with Gasteiger partial charge in [0.25, 0.3) is 11.5 Å². The second kappa shape index (κ2) is 9.60. The highest BCUT2D eigenvalue weighted by molar-refractivity contribution is 7.12. The fourth-order valence-electron chi connectivity index (χ4n) is 3.41. The number of carbonyl (C=O) groups is 3. The van der Waals surface area contributed by atoms with Crippen LogP contribution in [0, 0.1) is 5.92 Å². The summed E-state index contributed by atoms with van der Waals surface area (Å²) in [5.74, 6) is -2.14. The molecule has 2 atom stereocenters. The Morgan fingerprint density at radius 2 is 2.13 bits per heavy atom. The zero-order chi connectivity index (χ0) is 22.5. The molecule has 0 aliphatic carbocycles. The van der Waals surface area contributed by atoms with Gasteiger partial charge in [0.1, 0.15) is 11.9 Å². The van der Waals surface area contributed by atoms with Crippen LogP contribution in [0.4, 0.5) is 11.8 Å². The number of fused-ring (bicyclic) bond motifs is 1. The van der Waals surface area contributed by atoms with Crippen LogP contribution in [0.15, 0.2) is 16.2 Å². The van der Waals surface area contributed by atoms with Crippen LogP contribution < -0.4 is 21.9 Å². The van der Waals surface area contributed by atoms with Gasteiger partial charge in [0.2, 0.25) is 5.95 Å². The summed E-state index contributed by atoms with van der Waals surface area (Å²) in [6.07, 6.45) is 1.50. The first-order valence-electron chi connectivity index (χ1n) is 9.68. The number of hydrogen-bond acceptors (Lipinski definition) is 8. The molecule has 31 heavy (non-hydrogen) atoms. The summed E-state index contributed by atoms with van der Waals surface area (Å²) in [7, 11) is 0. The molecule has 2 aromatic heterocycles. The molecule has 1 unspecified atom stereocenters. The molecule has 11 nitrogen and oxygen atoms in total. The maximum atomic E-state index is 12.3. The van der Waals surface area contributed by atoms with Crippen LogP contribution in [0.2, 0.25) is 0 Å². The zero-order valence-corrected chi connectivity index (χ0v) is 17.3. The van der Waals surface area contributed by atoms with E-state index >= 15 is 0 Å².